The average Bonchev–Trinajstić information content (AvgIpc) is 2.16. The molecule has 0 spiro atoms. The molecule has 0 aliphatic heterocycles. The minimum atomic E-state index is -4.90. The highest BCUT2D eigenvalue weighted by Gasteiger charge is 2.33. The summed E-state index contributed by atoms with van der Waals surface area (Å²) >= 11 is 0. The van der Waals surface area contributed by atoms with Gasteiger partial charge >= 0.3 is 6.36 Å². The van der Waals surface area contributed by atoms with E-state index < -0.39 is 23.4 Å². The van der Waals surface area contributed by atoms with Gasteiger partial charge in [0.1, 0.15) is 0 Å². The van der Waals surface area contributed by atoms with Crippen molar-refractivity contribution in [3.63, 3.8) is 0 Å². The first-order chi connectivity index (χ1) is 7.39. The number of hydrogen-bond donors (Lipinski definition) is 2. The van der Waals surface area contributed by atoms with Gasteiger partial charge in [-0.05, 0) is 0 Å². The lowest BCUT2D eigenvalue weighted by atomic mass is 10.2. The Morgan fingerprint density at radius 1 is 1.50 bits per heavy atom. The second-order valence-electron chi connectivity index (χ2n) is 2.76. The number of ether oxygens (including phenoxy) is 2. The molecule has 90 valence electrons. The van der Waals surface area contributed by atoms with Crippen LogP contribution in [0.15, 0.2) is 11.0 Å². The fourth-order valence-electron chi connectivity index (χ4n) is 1.06. The van der Waals surface area contributed by atoms with E-state index in [1.54, 1.807) is 0 Å². The van der Waals surface area contributed by atoms with Crippen LogP contribution in [0.1, 0.15) is 5.56 Å². The van der Waals surface area contributed by atoms with E-state index in [9.17, 15) is 18.0 Å². The molecule has 0 amide bonds. The normalized spacial score (nSPS) is 11.3. The molecule has 1 aromatic heterocycles. The largest absolute Gasteiger partial charge is 0.574 e. The van der Waals surface area contributed by atoms with Crippen molar-refractivity contribution in [2.24, 2.45) is 5.73 Å². The predicted molar refractivity (Wildman–Crippen MR) is 48.2 cm³/mol. The molecule has 0 bridgehead atoms. The van der Waals surface area contributed by atoms with Crippen molar-refractivity contribution >= 4 is 0 Å². The number of hydrogen-bond acceptors (Lipinski definition) is 4. The van der Waals surface area contributed by atoms with Crippen LogP contribution in [0, 0.1) is 0 Å². The molecule has 0 saturated carbocycles. The minimum absolute atomic E-state index is 0.103. The molecule has 1 aromatic rings. The standard InChI is InChI=1S/C8H9F3N2O3/c1-15-6-5(14)4(2-12)3-13-7(6)16-8(9,10)11/h3H,2,12H2,1H3,(H,13,14). The molecule has 3 N–H and O–H groups in total. The van der Waals surface area contributed by atoms with Crippen molar-refractivity contribution in [3.05, 3.63) is 22.0 Å². The number of H-pyrrole nitrogens is 1. The van der Waals surface area contributed by atoms with Gasteiger partial charge in [-0.2, -0.15) is 0 Å². The molecule has 0 aromatic carbocycles. The van der Waals surface area contributed by atoms with Gasteiger partial charge in [0.15, 0.2) is 0 Å². The van der Waals surface area contributed by atoms with Gasteiger partial charge in [0.25, 0.3) is 0 Å². The van der Waals surface area contributed by atoms with Crippen molar-refractivity contribution in [2.45, 2.75) is 12.9 Å². The topological polar surface area (TPSA) is 77.3 Å². The monoisotopic (exact) mass is 238 g/mol. The van der Waals surface area contributed by atoms with Crippen LogP contribution in [0.2, 0.25) is 0 Å². The van der Waals surface area contributed by atoms with Gasteiger partial charge < -0.3 is 20.2 Å². The predicted octanol–water partition coefficient (Wildman–Crippen LogP) is 0.741. The van der Waals surface area contributed by atoms with Crippen LogP contribution in [0.25, 0.3) is 0 Å². The molecule has 8 heteroatoms. The van der Waals surface area contributed by atoms with E-state index in [0.717, 1.165) is 13.3 Å². The smallest absolute Gasteiger partial charge is 0.488 e. The Hall–Kier alpha value is -1.70. The molecule has 0 unspecified atom stereocenters. The van der Waals surface area contributed by atoms with Crippen LogP contribution in [0.4, 0.5) is 13.2 Å². The van der Waals surface area contributed by atoms with Crippen molar-refractivity contribution in [3.8, 4) is 11.6 Å². The van der Waals surface area contributed by atoms with E-state index in [-0.39, 0.29) is 12.1 Å². The molecule has 0 fully saturated rings. The van der Waals surface area contributed by atoms with Gasteiger partial charge in [0.05, 0.1) is 7.11 Å². The van der Waals surface area contributed by atoms with Crippen molar-refractivity contribution in [1.82, 2.24) is 4.98 Å². The lowest BCUT2D eigenvalue weighted by Crippen LogP contribution is -2.22. The van der Waals surface area contributed by atoms with Crippen molar-refractivity contribution < 1.29 is 22.6 Å². The maximum atomic E-state index is 11.9. The third-order valence-corrected chi connectivity index (χ3v) is 1.72. The van der Waals surface area contributed by atoms with Gasteiger partial charge in [0, 0.05) is 18.3 Å². The Balaban J connectivity index is 3.21. The number of methoxy groups -OCH3 is 1. The van der Waals surface area contributed by atoms with Crippen LogP contribution < -0.4 is 20.6 Å². The minimum Gasteiger partial charge on any atom is -0.488 e. The second-order valence-corrected chi connectivity index (χ2v) is 2.76. The summed E-state index contributed by atoms with van der Waals surface area (Å²) in [6.07, 6.45) is -3.85. The first-order valence-corrected chi connectivity index (χ1v) is 4.13. The van der Waals surface area contributed by atoms with Crippen LogP contribution in [-0.2, 0) is 6.54 Å². The fourth-order valence-corrected chi connectivity index (χ4v) is 1.06. The molecular weight excluding hydrogens is 229 g/mol. The number of halogens is 3. The quantitative estimate of drug-likeness (QED) is 0.814. The highest BCUT2D eigenvalue weighted by Crippen LogP contribution is 2.26. The van der Waals surface area contributed by atoms with Crippen molar-refractivity contribution in [1.29, 1.82) is 0 Å². The van der Waals surface area contributed by atoms with Crippen molar-refractivity contribution in [2.75, 3.05) is 7.11 Å². The maximum Gasteiger partial charge on any atom is 0.574 e. The molecule has 1 rings (SSSR count). The number of aromatic nitrogens is 1. The third kappa shape index (κ3) is 2.66. The van der Waals surface area contributed by atoms with Crippen LogP contribution in [0.5, 0.6) is 11.6 Å². The molecular formula is C8H9F3N2O3. The summed E-state index contributed by atoms with van der Waals surface area (Å²) in [5.41, 5.74) is 4.58. The van der Waals surface area contributed by atoms with Gasteiger partial charge in [-0.1, -0.05) is 0 Å². The number of alkyl halides is 3. The number of pyridine rings is 1. The van der Waals surface area contributed by atoms with E-state index in [2.05, 4.69) is 14.5 Å². The molecule has 0 aliphatic carbocycles. The first kappa shape index (κ1) is 12.4. The van der Waals surface area contributed by atoms with E-state index in [4.69, 9.17) is 5.73 Å². The summed E-state index contributed by atoms with van der Waals surface area (Å²) < 4.78 is 44.0. The summed E-state index contributed by atoms with van der Waals surface area (Å²) in [6, 6.07) is 0. The lowest BCUT2D eigenvalue weighted by molar-refractivity contribution is -0.276. The summed E-state index contributed by atoms with van der Waals surface area (Å²) in [7, 11) is 1.06. The summed E-state index contributed by atoms with van der Waals surface area (Å²) in [6.45, 7) is -0.113. The highest BCUT2D eigenvalue weighted by molar-refractivity contribution is 5.36. The zero-order valence-corrected chi connectivity index (χ0v) is 8.22. The van der Waals surface area contributed by atoms with Gasteiger partial charge in [-0.15, -0.1) is 13.2 Å². The van der Waals surface area contributed by atoms with Crippen LogP contribution >= 0.6 is 0 Å². The first-order valence-electron chi connectivity index (χ1n) is 4.13. The van der Waals surface area contributed by atoms with Gasteiger partial charge in [-0.25, -0.2) is 0 Å². The maximum absolute atomic E-state index is 11.9. The van der Waals surface area contributed by atoms with E-state index >= 15 is 0 Å². The number of nitrogens with two attached hydrogens (primary N) is 1. The Kier molecular flexibility index (Phi) is 3.43. The van der Waals surface area contributed by atoms with Gasteiger partial charge in [0.2, 0.25) is 17.1 Å². The molecule has 16 heavy (non-hydrogen) atoms. The van der Waals surface area contributed by atoms with Crippen LogP contribution in [0.3, 0.4) is 0 Å². The molecule has 0 atom stereocenters. The molecule has 0 aliphatic rings. The summed E-state index contributed by atoms with van der Waals surface area (Å²) in [5.74, 6) is -1.35. The van der Waals surface area contributed by atoms with Gasteiger partial charge in [-0.3, -0.25) is 4.79 Å². The molecule has 5 nitrogen and oxygen atoms in total. The van der Waals surface area contributed by atoms with E-state index in [1.165, 1.54) is 0 Å². The highest BCUT2D eigenvalue weighted by atomic mass is 19.4. The SMILES string of the molecule is COc1c(OC(F)(F)F)[nH]cc(CN)c1=O. The zero-order chi connectivity index (χ0) is 12.3. The Labute approximate surface area is 88.0 Å². The Morgan fingerprint density at radius 2 is 2.12 bits per heavy atom. The molecule has 0 radical (unpaired) electrons. The second kappa shape index (κ2) is 4.44. The number of aromatic amines is 1. The van der Waals surface area contributed by atoms with E-state index in [0.29, 0.717) is 0 Å². The van der Waals surface area contributed by atoms with E-state index in [1.807, 2.05) is 0 Å². The Bertz CT molecular complexity index is 428. The molecule has 1 heterocycles. The average molecular weight is 238 g/mol. The lowest BCUT2D eigenvalue weighted by Gasteiger charge is -2.12. The Morgan fingerprint density at radius 3 is 2.56 bits per heavy atom. The third-order valence-electron chi connectivity index (χ3n) is 1.72. The summed E-state index contributed by atoms with van der Waals surface area (Å²) in [4.78, 5) is 13.6. The zero-order valence-electron chi connectivity index (χ0n) is 8.22. The number of rotatable bonds is 3. The number of nitrogens with one attached hydrogen (secondary N) is 1. The summed E-state index contributed by atoms with van der Waals surface area (Å²) in [5, 5.41) is 0. The van der Waals surface area contributed by atoms with Crippen LogP contribution in [-0.4, -0.2) is 18.5 Å². The fraction of sp³-hybridized carbons (Fsp3) is 0.375. The molecule has 0 saturated heterocycles.